The van der Waals surface area contributed by atoms with Crippen molar-refractivity contribution in [3.05, 3.63) is 83.4 Å². The van der Waals surface area contributed by atoms with Gasteiger partial charge in [0.1, 0.15) is 12.3 Å². The number of carbonyl (C=O) groups is 2. The number of nitrogens with zero attached hydrogens (tertiary/aromatic N) is 2. The van der Waals surface area contributed by atoms with Crippen LogP contribution >= 0.6 is 0 Å². The van der Waals surface area contributed by atoms with Crippen molar-refractivity contribution in [2.45, 2.75) is 12.5 Å². The van der Waals surface area contributed by atoms with Crippen molar-refractivity contribution >= 4 is 17.5 Å². The van der Waals surface area contributed by atoms with Gasteiger partial charge < -0.3 is 19.1 Å². The van der Waals surface area contributed by atoms with Gasteiger partial charge in [0, 0.05) is 6.54 Å². The monoisotopic (exact) mass is 458 g/mol. The van der Waals surface area contributed by atoms with E-state index in [1.54, 1.807) is 20.3 Å². The predicted molar refractivity (Wildman–Crippen MR) is 128 cm³/mol. The van der Waals surface area contributed by atoms with Crippen LogP contribution in [0.4, 0.5) is 5.69 Å². The van der Waals surface area contributed by atoms with E-state index in [2.05, 4.69) is 0 Å². The van der Waals surface area contributed by atoms with Gasteiger partial charge in [0.05, 0.1) is 25.9 Å². The molecule has 0 fully saturated rings. The van der Waals surface area contributed by atoms with Crippen LogP contribution in [0.3, 0.4) is 0 Å². The molecule has 1 unspecified atom stereocenters. The molecule has 2 amide bonds. The Labute approximate surface area is 198 Å². The smallest absolute Gasteiger partial charge is 0.265 e. The minimum atomic E-state index is -0.302. The number of benzene rings is 3. The fraction of sp³-hybridized carbons (Fsp3) is 0.259. The Hall–Kier alpha value is -4.00. The topological polar surface area (TPSA) is 68.3 Å². The Balaban J connectivity index is 1.52. The van der Waals surface area contributed by atoms with Crippen LogP contribution in [-0.2, 0) is 16.0 Å². The van der Waals surface area contributed by atoms with E-state index >= 15 is 0 Å². The normalized spacial score (nSPS) is 16.9. The first-order valence-electron chi connectivity index (χ1n) is 11.2. The SMILES string of the molecule is COc1cc2c(cc1OC)C(c1ccccc1)N(C(=O)CN1C(=O)COc3ccccc31)CC2. The number of methoxy groups -OCH3 is 2. The number of ether oxygens (including phenoxy) is 3. The average molecular weight is 459 g/mol. The van der Waals surface area contributed by atoms with Crippen LogP contribution in [0, 0.1) is 0 Å². The second-order valence-electron chi connectivity index (χ2n) is 8.29. The van der Waals surface area contributed by atoms with Crippen LogP contribution in [-0.4, -0.2) is 50.6 Å². The lowest BCUT2D eigenvalue weighted by molar-refractivity contribution is -0.133. The van der Waals surface area contributed by atoms with E-state index in [9.17, 15) is 9.59 Å². The van der Waals surface area contributed by atoms with Crippen molar-refractivity contribution < 1.29 is 23.8 Å². The van der Waals surface area contributed by atoms with Crippen molar-refractivity contribution in [2.24, 2.45) is 0 Å². The van der Waals surface area contributed by atoms with Gasteiger partial charge in [0.15, 0.2) is 18.1 Å². The molecule has 0 radical (unpaired) electrons. The number of rotatable bonds is 5. The highest BCUT2D eigenvalue weighted by Gasteiger charge is 2.36. The minimum Gasteiger partial charge on any atom is -0.493 e. The Morgan fingerprint density at radius 3 is 2.47 bits per heavy atom. The summed E-state index contributed by atoms with van der Waals surface area (Å²) < 4.78 is 16.6. The van der Waals surface area contributed by atoms with Crippen LogP contribution in [0.25, 0.3) is 0 Å². The molecule has 5 rings (SSSR count). The molecule has 3 aromatic rings. The maximum Gasteiger partial charge on any atom is 0.265 e. The fourth-order valence-corrected chi connectivity index (χ4v) is 4.76. The van der Waals surface area contributed by atoms with E-state index in [4.69, 9.17) is 14.2 Å². The molecule has 0 spiro atoms. The van der Waals surface area contributed by atoms with Crippen LogP contribution in [0.15, 0.2) is 66.7 Å². The largest absolute Gasteiger partial charge is 0.493 e. The summed E-state index contributed by atoms with van der Waals surface area (Å²) in [6.45, 7) is 0.401. The number of anilines is 1. The van der Waals surface area contributed by atoms with Crippen molar-refractivity contribution in [1.82, 2.24) is 4.90 Å². The average Bonchev–Trinajstić information content (AvgIpc) is 2.89. The molecule has 0 saturated heterocycles. The molecular formula is C27H26N2O5. The predicted octanol–water partition coefficient (Wildman–Crippen LogP) is 3.60. The highest BCUT2D eigenvalue weighted by atomic mass is 16.5. The third kappa shape index (κ3) is 3.83. The maximum absolute atomic E-state index is 13.7. The van der Waals surface area contributed by atoms with Gasteiger partial charge in [-0.3, -0.25) is 14.5 Å². The summed E-state index contributed by atoms with van der Waals surface area (Å²) in [5.41, 5.74) is 3.73. The second-order valence-corrected chi connectivity index (χ2v) is 8.29. The highest BCUT2D eigenvalue weighted by Crippen LogP contribution is 2.41. The second kappa shape index (κ2) is 9.09. The molecule has 0 saturated carbocycles. The van der Waals surface area contributed by atoms with Gasteiger partial charge in [-0.25, -0.2) is 0 Å². The van der Waals surface area contributed by atoms with Gasteiger partial charge in [-0.2, -0.15) is 0 Å². The molecule has 1 atom stereocenters. The molecule has 0 aliphatic carbocycles. The lowest BCUT2D eigenvalue weighted by atomic mass is 9.87. The highest BCUT2D eigenvalue weighted by molar-refractivity contribution is 6.02. The molecule has 2 aliphatic rings. The Kier molecular flexibility index (Phi) is 5.84. The zero-order valence-electron chi connectivity index (χ0n) is 19.2. The van der Waals surface area contributed by atoms with Crippen LogP contribution < -0.4 is 19.1 Å². The molecule has 34 heavy (non-hydrogen) atoms. The summed E-state index contributed by atoms with van der Waals surface area (Å²) in [5.74, 6) is 1.54. The zero-order valence-corrected chi connectivity index (χ0v) is 19.2. The number of hydrogen-bond donors (Lipinski definition) is 0. The molecule has 0 N–H and O–H groups in total. The van der Waals surface area contributed by atoms with E-state index in [0.717, 1.165) is 16.7 Å². The van der Waals surface area contributed by atoms with Gasteiger partial charge in [-0.15, -0.1) is 0 Å². The number of fused-ring (bicyclic) bond motifs is 2. The quantitative estimate of drug-likeness (QED) is 0.584. The molecule has 7 heteroatoms. The van der Waals surface area contributed by atoms with Gasteiger partial charge in [0.25, 0.3) is 5.91 Å². The van der Waals surface area contributed by atoms with Gasteiger partial charge >= 0.3 is 0 Å². The maximum atomic E-state index is 13.7. The number of carbonyl (C=O) groups excluding carboxylic acids is 2. The van der Waals surface area contributed by atoms with E-state index < -0.39 is 0 Å². The Morgan fingerprint density at radius 1 is 1.00 bits per heavy atom. The molecule has 3 aromatic carbocycles. The Morgan fingerprint density at radius 2 is 1.71 bits per heavy atom. The van der Waals surface area contributed by atoms with Crippen molar-refractivity contribution in [3.63, 3.8) is 0 Å². The first kappa shape index (κ1) is 21.8. The molecule has 2 aliphatic heterocycles. The first-order chi connectivity index (χ1) is 16.6. The number of amides is 2. The summed E-state index contributed by atoms with van der Waals surface area (Å²) in [7, 11) is 3.23. The van der Waals surface area contributed by atoms with Crippen molar-refractivity contribution in [1.29, 1.82) is 0 Å². The summed E-state index contributed by atoms with van der Waals surface area (Å²) in [6.07, 6.45) is 0.679. The van der Waals surface area contributed by atoms with Crippen LogP contribution in [0.5, 0.6) is 17.2 Å². The lowest BCUT2D eigenvalue weighted by Gasteiger charge is -2.39. The van der Waals surface area contributed by atoms with E-state index in [1.165, 1.54) is 4.90 Å². The number of hydrogen-bond acceptors (Lipinski definition) is 5. The van der Waals surface area contributed by atoms with Gasteiger partial charge in [0.2, 0.25) is 5.91 Å². The molecule has 2 heterocycles. The minimum absolute atomic E-state index is 0.0504. The zero-order chi connectivity index (χ0) is 23.7. The molecule has 0 aromatic heterocycles. The van der Waals surface area contributed by atoms with Crippen molar-refractivity contribution in [2.75, 3.05) is 38.8 Å². The molecule has 174 valence electrons. The first-order valence-corrected chi connectivity index (χ1v) is 11.2. The van der Waals surface area contributed by atoms with E-state index in [1.807, 2.05) is 65.6 Å². The van der Waals surface area contributed by atoms with E-state index in [-0.39, 0.29) is 31.0 Å². The lowest BCUT2D eigenvalue weighted by Crippen LogP contribution is -2.49. The molecule has 7 nitrogen and oxygen atoms in total. The summed E-state index contributed by atoms with van der Waals surface area (Å²) in [4.78, 5) is 29.8. The molecule has 0 bridgehead atoms. The van der Waals surface area contributed by atoms with Gasteiger partial charge in [-0.1, -0.05) is 42.5 Å². The van der Waals surface area contributed by atoms with E-state index in [0.29, 0.717) is 35.9 Å². The Bertz CT molecular complexity index is 1230. The fourth-order valence-electron chi connectivity index (χ4n) is 4.76. The summed E-state index contributed by atoms with van der Waals surface area (Å²) in [5, 5.41) is 0. The van der Waals surface area contributed by atoms with Crippen LogP contribution in [0.1, 0.15) is 22.7 Å². The summed E-state index contributed by atoms with van der Waals surface area (Å²) in [6, 6.07) is 20.9. The van der Waals surface area contributed by atoms with Gasteiger partial charge in [-0.05, 0) is 47.4 Å². The summed E-state index contributed by atoms with van der Waals surface area (Å²) >= 11 is 0. The van der Waals surface area contributed by atoms with Crippen LogP contribution in [0.2, 0.25) is 0 Å². The third-order valence-electron chi connectivity index (χ3n) is 6.41. The van der Waals surface area contributed by atoms with Crippen molar-refractivity contribution in [3.8, 4) is 17.2 Å². The molecular weight excluding hydrogens is 432 g/mol. The third-order valence-corrected chi connectivity index (χ3v) is 6.41. The standard InChI is InChI=1S/C27H26N2O5/c1-32-23-14-19-12-13-28(27(18-8-4-3-5-9-18)20(19)15-24(23)33-2)25(30)16-29-21-10-6-7-11-22(21)34-17-26(29)31/h3-11,14-15,27H,12-13,16-17H2,1-2H3. The number of para-hydroxylation sites is 2.